The van der Waals surface area contributed by atoms with Crippen molar-refractivity contribution in [3.05, 3.63) is 42.0 Å². The number of imidazole rings is 1. The maximum absolute atomic E-state index is 13.3. The first-order valence-electron chi connectivity index (χ1n) is 9.63. The third kappa shape index (κ3) is 5.35. The number of nitrogens with one attached hydrogen (secondary N) is 2. The molecular formula is C20H29FN4O2. The van der Waals surface area contributed by atoms with Gasteiger partial charge in [0.1, 0.15) is 11.6 Å². The normalized spacial score (nSPS) is 21.3. The summed E-state index contributed by atoms with van der Waals surface area (Å²) >= 11 is 0. The minimum atomic E-state index is -0.258. The Bertz CT molecular complexity index is 719. The minimum absolute atomic E-state index is 0.182. The molecule has 2 heterocycles. The van der Waals surface area contributed by atoms with E-state index in [1.165, 1.54) is 12.1 Å². The molecule has 1 aromatic heterocycles. The lowest BCUT2D eigenvalue weighted by atomic mass is 9.99. The molecule has 27 heavy (non-hydrogen) atoms. The molecule has 0 bridgehead atoms. The lowest BCUT2D eigenvalue weighted by Crippen LogP contribution is -2.43. The van der Waals surface area contributed by atoms with Gasteiger partial charge in [-0.05, 0) is 44.0 Å². The third-order valence-corrected chi connectivity index (χ3v) is 4.94. The molecule has 1 aromatic carbocycles. The molecule has 3 atom stereocenters. The molecule has 0 spiro atoms. The van der Waals surface area contributed by atoms with Crippen molar-refractivity contribution in [1.29, 1.82) is 0 Å². The largest absolute Gasteiger partial charge is 0.373 e. The number of nitrogens with zero attached hydrogens (tertiary/aromatic N) is 2. The molecule has 0 radical (unpaired) electrons. The summed E-state index contributed by atoms with van der Waals surface area (Å²) in [5.74, 6) is 0.815. The summed E-state index contributed by atoms with van der Waals surface area (Å²) in [7, 11) is 0. The number of rotatable bonds is 8. The fourth-order valence-electron chi connectivity index (χ4n) is 3.53. The van der Waals surface area contributed by atoms with E-state index in [-0.39, 0.29) is 23.9 Å². The predicted octanol–water partition coefficient (Wildman–Crippen LogP) is 2.93. The summed E-state index contributed by atoms with van der Waals surface area (Å²) in [5.41, 5.74) is 4.08. The molecule has 0 aliphatic carbocycles. The summed E-state index contributed by atoms with van der Waals surface area (Å²) in [4.78, 5) is 4.85. The Morgan fingerprint density at radius 2 is 2.15 bits per heavy atom. The van der Waals surface area contributed by atoms with E-state index in [1.54, 1.807) is 12.1 Å². The summed E-state index contributed by atoms with van der Waals surface area (Å²) in [6, 6.07) is 6.41. The molecule has 7 heteroatoms. The van der Waals surface area contributed by atoms with Crippen molar-refractivity contribution in [3.63, 3.8) is 0 Å². The van der Waals surface area contributed by atoms with Crippen molar-refractivity contribution < 1.29 is 14.3 Å². The maximum atomic E-state index is 13.3. The number of halogens is 1. The van der Waals surface area contributed by atoms with Crippen LogP contribution < -0.4 is 10.8 Å². The highest BCUT2D eigenvalue weighted by Gasteiger charge is 2.23. The standard InChI is InChI=1S/C20H29FN4O2/c1-14(10-18-12-22-11-15(2)27-18)19-13-25(9-3-8-23-26)20(24-19)16-4-6-17(21)7-5-16/h4-7,13-15,18,22-23,26H,3,8-12H2,1-2H3/t14?,15-,18+/m1/s1. The third-order valence-electron chi connectivity index (χ3n) is 4.94. The molecule has 0 saturated carbocycles. The Morgan fingerprint density at radius 1 is 1.37 bits per heavy atom. The number of morpholine rings is 1. The molecule has 3 N–H and O–H groups in total. The Hall–Kier alpha value is -1.80. The summed E-state index contributed by atoms with van der Waals surface area (Å²) in [6.07, 6.45) is 4.15. The van der Waals surface area contributed by atoms with Gasteiger partial charge in [0.05, 0.1) is 17.9 Å². The number of aromatic nitrogens is 2. The van der Waals surface area contributed by atoms with E-state index in [4.69, 9.17) is 14.9 Å². The van der Waals surface area contributed by atoms with Crippen molar-refractivity contribution in [2.75, 3.05) is 19.6 Å². The van der Waals surface area contributed by atoms with Crippen LogP contribution in [0.3, 0.4) is 0 Å². The molecular weight excluding hydrogens is 347 g/mol. The topological polar surface area (TPSA) is 71.3 Å². The van der Waals surface area contributed by atoms with Crippen LogP contribution in [0.2, 0.25) is 0 Å². The zero-order valence-electron chi connectivity index (χ0n) is 16.0. The van der Waals surface area contributed by atoms with Gasteiger partial charge < -0.3 is 19.8 Å². The molecule has 0 amide bonds. The molecule has 1 aliphatic heterocycles. The van der Waals surface area contributed by atoms with Gasteiger partial charge in [-0.3, -0.25) is 0 Å². The van der Waals surface area contributed by atoms with E-state index in [2.05, 4.69) is 35.4 Å². The second kappa shape index (κ2) is 9.41. The first kappa shape index (κ1) is 19.9. The minimum Gasteiger partial charge on any atom is -0.373 e. The fraction of sp³-hybridized carbons (Fsp3) is 0.550. The van der Waals surface area contributed by atoms with Crippen molar-refractivity contribution in [2.45, 2.75) is 51.4 Å². The lowest BCUT2D eigenvalue weighted by Gasteiger charge is -2.30. The van der Waals surface area contributed by atoms with Crippen LogP contribution in [0, 0.1) is 5.82 Å². The molecule has 1 saturated heterocycles. The first-order chi connectivity index (χ1) is 13.1. The molecule has 2 aromatic rings. The average Bonchev–Trinajstić information content (AvgIpc) is 3.07. The van der Waals surface area contributed by atoms with Crippen molar-refractivity contribution in [2.24, 2.45) is 0 Å². The Labute approximate surface area is 159 Å². The van der Waals surface area contributed by atoms with Crippen LogP contribution in [0.15, 0.2) is 30.5 Å². The molecule has 1 aliphatic rings. The highest BCUT2D eigenvalue weighted by atomic mass is 19.1. The average molecular weight is 376 g/mol. The molecule has 148 valence electrons. The highest BCUT2D eigenvalue weighted by Crippen LogP contribution is 2.27. The van der Waals surface area contributed by atoms with Gasteiger partial charge in [0.15, 0.2) is 0 Å². The SMILES string of the molecule is CC(C[C@H]1CNC[C@@H](C)O1)c1cn(CCCNO)c(-c2ccc(F)cc2)n1. The summed E-state index contributed by atoms with van der Waals surface area (Å²) < 4.78 is 21.4. The monoisotopic (exact) mass is 376 g/mol. The van der Waals surface area contributed by atoms with Gasteiger partial charge >= 0.3 is 0 Å². The van der Waals surface area contributed by atoms with Crippen LogP contribution in [0.25, 0.3) is 11.4 Å². The zero-order valence-corrected chi connectivity index (χ0v) is 16.0. The Kier molecular flexibility index (Phi) is 6.95. The van der Waals surface area contributed by atoms with E-state index < -0.39 is 0 Å². The molecule has 1 fully saturated rings. The molecule has 3 rings (SSSR count). The van der Waals surface area contributed by atoms with E-state index in [9.17, 15) is 4.39 Å². The van der Waals surface area contributed by atoms with Gasteiger partial charge in [0.25, 0.3) is 0 Å². The second-order valence-electron chi connectivity index (χ2n) is 7.32. The number of hydroxylamine groups is 1. The maximum Gasteiger partial charge on any atom is 0.140 e. The van der Waals surface area contributed by atoms with Gasteiger partial charge in [-0.25, -0.2) is 14.9 Å². The van der Waals surface area contributed by atoms with Crippen LogP contribution in [-0.4, -0.2) is 46.6 Å². The predicted molar refractivity (Wildman–Crippen MR) is 102 cm³/mol. The van der Waals surface area contributed by atoms with Gasteiger partial charge in [-0.2, -0.15) is 0 Å². The number of aryl methyl sites for hydroxylation is 1. The van der Waals surface area contributed by atoms with E-state index >= 15 is 0 Å². The summed E-state index contributed by atoms with van der Waals surface area (Å²) in [6.45, 7) is 7.23. The van der Waals surface area contributed by atoms with Crippen molar-refractivity contribution in [1.82, 2.24) is 20.3 Å². The van der Waals surface area contributed by atoms with Crippen LogP contribution in [0.4, 0.5) is 4.39 Å². The highest BCUT2D eigenvalue weighted by molar-refractivity contribution is 5.56. The number of ether oxygens (including phenoxy) is 1. The van der Waals surface area contributed by atoms with Gasteiger partial charge in [-0.15, -0.1) is 0 Å². The number of hydrogen-bond donors (Lipinski definition) is 3. The quantitative estimate of drug-likeness (QED) is 0.488. The Balaban J connectivity index is 1.78. The van der Waals surface area contributed by atoms with Gasteiger partial charge in [-0.1, -0.05) is 6.92 Å². The van der Waals surface area contributed by atoms with Crippen LogP contribution in [-0.2, 0) is 11.3 Å². The smallest absolute Gasteiger partial charge is 0.140 e. The lowest BCUT2D eigenvalue weighted by molar-refractivity contribution is -0.0333. The summed E-state index contributed by atoms with van der Waals surface area (Å²) in [5, 5.41) is 12.2. The fourth-order valence-corrected chi connectivity index (χ4v) is 3.53. The molecule has 1 unspecified atom stereocenters. The van der Waals surface area contributed by atoms with Crippen LogP contribution in [0.1, 0.15) is 38.3 Å². The Morgan fingerprint density at radius 3 is 2.85 bits per heavy atom. The van der Waals surface area contributed by atoms with Gasteiger partial charge in [0, 0.05) is 43.9 Å². The number of benzene rings is 1. The molecule has 6 nitrogen and oxygen atoms in total. The van der Waals surface area contributed by atoms with Crippen LogP contribution in [0.5, 0.6) is 0 Å². The number of hydrogen-bond acceptors (Lipinski definition) is 5. The van der Waals surface area contributed by atoms with Crippen LogP contribution >= 0.6 is 0 Å². The van der Waals surface area contributed by atoms with Crippen molar-refractivity contribution in [3.8, 4) is 11.4 Å². The zero-order chi connectivity index (χ0) is 19.2. The van der Waals surface area contributed by atoms with Crippen molar-refractivity contribution >= 4 is 0 Å². The first-order valence-corrected chi connectivity index (χ1v) is 9.63. The van der Waals surface area contributed by atoms with E-state index in [1.807, 2.05) is 0 Å². The van der Waals surface area contributed by atoms with E-state index in [0.717, 1.165) is 49.6 Å². The second-order valence-corrected chi connectivity index (χ2v) is 7.32. The van der Waals surface area contributed by atoms with Gasteiger partial charge in [0.2, 0.25) is 0 Å². The van der Waals surface area contributed by atoms with E-state index in [0.29, 0.717) is 6.54 Å².